The molecule has 8 bridgehead atoms. The summed E-state index contributed by atoms with van der Waals surface area (Å²) in [5, 5.41) is 2.63. The maximum absolute atomic E-state index is 11.6. The number of rotatable bonds is 12. The van der Waals surface area contributed by atoms with Crippen molar-refractivity contribution in [3.63, 3.8) is 0 Å². The van der Waals surface area contributed by atoms with Crippen molar-refractivity contribution >= 4 is 55.9 Å². The van der Waals surface area contributed by atoms with Crippen molar-refractivity contribution in [3.05, 3.63) is 192 Å². The summed E-state index contributed by atoms with van der Waals surface area (Å²) in [5.74, 6) is 5.08. The van der Waals surface area contributed by atoms with Crippen LogP contribution in [0.4, 0.5) is 0 Å². The van der Waals surface area contributed by atoms with Crippen molar-refractivity contribution in [2.24, 2.45) is 11.5 Å². The van der Waals surface area contributed by atoms with Crippen LogP contribution in [-0.2, 0) is 41.9 Å². The Labute approximate surface area is 463 Å². The minimum atomic E-state index is -0.426. The molecule has 2 aliphatic heterocycles. The predicted molar refractivity (Wildman–Crippen MR) is 295 cm³/mol. The molecule has 11 aromatic rings. The summed E-state index contributed by atoms with van der Waals surface area (Å²) in [4.78, 5) is 64.5. The number of fused-ring (bicyclic) bond motifs is 20. The molecule has 0 aliphatic carbocycles. The molecule has 0 radical (unpaired) electrons. The van der Waals surface area contributed by atoms with Gasteiger partial charge >= 0.3 is 19.5 Å². The number of aromatic nitrogens is 8. The molecule has 17 heteroatoms. The largest absolute Gasteiger partial charge is 2.00 e. The standard InChI is InChI=1S/C62H44N10O6.Zn/c1-33-5-3-7-39(25-33)77-43-19-23-47-51(31-43)62-70-57(47)68-60-49-29-41(75-37-13-9-35(10-14-37)27-53(63)73)17-21-45(49)55(66-60)65-59-50-30-42(76-38-15-11-36(12-16-38)28-54(64)74)18-22-46(50)56(67-59)69-61-52-32-44(20-24-48(52)58(71-61)72-62)78-40-8-4-6-34(2)26-40;/h3-26,29-32H,27-28H2,1-2H3,(H6,63,64,65,66,67,68,69,70,71,72,73,74);/q;+2/p-2. The molecule has 2 aliphatic rings. The summed E-state index contributed by atoms with van der Waals surface area (Å²) >= 11 is 0. The molecule has 0 saturated heterocycles. The number of carbonyl (C=O) groups is 2. The van der Waals surface area contributed by atoms with E-state index in [1.54, 1.807) is 48.5 Å². The van der Waals surface area contributed by atoms with Crippen LogP contribution in [-0.4, -0.2) is 41.7 Å². The Morgan fingerprint density at radius 2 is 0.696 bits per heavy atom. The summed E-state index contributed by atoms with van der Waals surface area (Å²) in [6, 6.07) is 52.5. The Hall–Kier alpha value is -10.1. The van der Waals surface area contributed by atoms with Gasteiger partial charge in [0, 0.05) is 44.8 Å². The van der Waals surface area contributed by atoms with Crippen LogP contribution in [0.5, 0.6) is 46.0 Å². The molecule has 0 spiro atoms. The number of aryl methyl sites for hydroxylation is 2. The fourth-order valence-electron chi connectivity index (χ4n) is 9.49. The second kappa shape index (κ2) is 20.4. The van der Waals surface area contributed by atoms with Gasteiger partial charge in [0.1, 0.15) is 46.0 Å². The van der Waals surface area contributed by atoms with Gasteiger partial charge in [0.2, 0.25) is 11.8 Å². The molecule has 0 fully saturated rings. The van der Waals surface area contributed by atoms with Crippen LogP contribution in [0.25, 0.3) is 89.7 Å². The van der Waals surface area contributed by atoms with Gasteiger partial charge in [-0.1, -0.05) is 48.5 Å². The van der Waals surface area contributed by atoms with Crippen molar-refractivity contribution in [2.45, 2.75) is 26.7 Å². The van der Waals surface area contributed by atoms with Crippen molar-refractivity contribution in [1.29, 1.82) is 0 Å². The Morgan fingerprint density at radius 1 is 0.367 bits per heavy atom. The van der Waals surface area contributed by atoms with Crippen molar-refractivity contribution in [2.75, 3.05) is 0 Å². The molecule has 0 saturated carbocycles. The van der Waals surface area contributed by atoms with Gasteiger partial charge in [0.25, 0.3) is 0 Å². The maximum Gasteiger partial charge on any atom is 2.00 e. The van der Waals surface area contributed by atoms with E-state index >= 15 is 0 Å². The average Bonchev–Trinajstić information content (AvgIpc) is 4.37. The number of hydrogen-bond acceptors (Lipinski definition) is 12. The summed E-state index contributed by atoms with van der Waals surface area (Å²) < 4.78 is 25.6. The second-order valence-electron chi connectivity index (χ2n) is 18.9. The van der Waals surface area contributed by atoms with Crippen LogP contribution in [0, 0.1) is 13.8 Å². The van der Waals surface area contributed by atoms with Crippen LogP contribution in [0.2, 0.25) is 0 Å². The van der Waals surface area contributed by atoms with E-state index in [2.05, 4.69) is 0 Å². The van der Waals surface area contributed by atoms with E-state index in [4.69, 9.17) is 70.3 Å². The number of hydrogen-bond donors (Lipinski definition) is 2. The number of nitrogens with two attached hydrogens (primary N) is 2. The molecule has 4 N–H and O–H groups in total. The minimum Gasteiger partial charge on any atom is -0.457 e. The van der Waals surface area contributed by atoms with Gasteiger partial charge in [0.05, 0.1) is 36.1 Å². The molecule has 79 heavy (non-hydrogen) atoms. The fourth-order valence-corrected chi connectivity index (χ4v) is 9.49. The molecule has 0 atom stereocenters. The van der Waals surface area contributed by atoms with Crippen LogP contribution in [0.3, 0.4) is 0 Å². The van der Waals surface area contributed by atoms with Crippen LogP contribution < -0.4 is 40.4 Å². The number of amides is 2. The third-order valence-electron chi connectivity index (χ3n) is 13.1. The Bertz CT molecular complexity index is 4450. The van der Waals surface area contributed by atoms with E-state index in [0.717, 1.165) is 22.3 Å². The zero-order valence-corrected chi connectivity index (χ0v) is 45.4. The first-order valence-electron chi connectivity index (χ1n) is 24.8. The first-order valence-corrected chi connectivity index (χ1v) is 24.8. The summed E-state index contributed by atoms with van der Waals surface area (Å²) in [6.45, 7) is 4.02. The summed E-state index contributed by atoms with van der Waals surface area (Å²) in [7, 11) is 0. The van der Waals surface area contributed by atoms with E-state index in [1.165, 1.54) is 0 Å². The van der Waals surface area contributed by atoms with E-state index in [0.29, 0.717) is 136 Å². The Morgan fingerprint density at radius 3 is 1.09 bits per heavy atom. The summed E-state index contributed by atoms with van der Waals surface area (Å²) in [6.07, 6.45) is 0.222. The summed E-state index contributed by atoms with van der Waals surface area (Å²) in [5.41, 5.74) is 18.5. The topological polar surface area (TPSA) is 229 Å². The van der Waals surface area contributed by atoms with Gasteiger partial charge in [-0.25, -0.2) is 9.97 Å². The van der Waals surface area contributed by atoms with Crippen LogP contribution in [0.1, 0.15) is 22.3 Å². The van der Waals surface area contributed by atoms with E-state index in [9.17, 15) is 9.59 Å². The van der Waals surface area contributed by atoms with Gasteiger partial charge in [-0.15, -0.1) is 0 Å². The number of benzene rings is 8. The van der Waals surface area contributed by atoms with Crippen molar-refractivity contribution in [1.82, 2.24) is 39.9 Å². The molecule has 13 rings (SSSR count). The smallest absolute Gasteiger partial charge is 0.457 e. The first kappa shape index (κ1) is 49.7. The number of ether oxygens (including phenoxy) is 4. The van der Waals surface area contributed by atoms with Crippen molar-refractivity contribution in [3.8, 4) is 91.5 Å². The molecule has 5 heterocycles. The zero-order valence-electron chi connectivity index (χ0n) is 42.5. The molecule has 378 valence electrons. The second-order valence-corrected chi connectivity index (χ2v) is 18.9. The number of nitrogens with zero attached hydrogens (tertiary/aromatic N) is 8. The van der Waals surface area contributed by atoms with E-state index in [-0.39, 0.29) is 32.3 Å². The normalized spacial score (nSPS) is 11.4. The number of primary amides is 2. The molecule has 2 amide bonds. The van der Waals surface area contributed by atoms with Gasteiger partial charge in [-0.05, 0) is 179 Å². The van der Waals surface area contributed by atoms with Gasteiger partial charge in [0.15, 0.2) is 0 Å². The Balaban J connectivity index is 0.00000623. The Kier molecular flexibility index (Phi) is 12.9. The minimum absolute atomic E-state index is 0. The average molecular weight is 1090 g/mol. The van der Waals surface area contributed by atoms with Crippen LogP contribution in [0.15, 0.2) is 170 Å². The first-order chi connectivity index (χ1) is 38.0. The maximum atomic E-state index is 11.6. The molecule has 8 aromatic carbocycles. The molecule has 0 unspecified atom stereocenters. The van der Waals surface area contributed by atoms with Gasteiger partial charge in [-0.2, -0.15) is 0 Å². The SMILES string of the molecule is Cc1cccc(Oc2ccc3c(c2)-c2nc-3nc3[n-]c(nc4nc(nc5[n-]c(n2)c2ccc(Oc6cccc(C)c6)cc52)-c2ccc(Oc5ccc(CC(N)=O)cc5)cc2-4)c2ccc(Oc4ccc(CC(N)=O)cc4)cc32)c1.[Zn+2]. The quantitative estimate of drug-likeness (QED) is 0.108. The third-order valence-corrected chi connectivity index (χ3v) is 13.1. The molecule has 16 nitrogen and oxygen atoms in total. The molecular formula is C62H42N10O6Zn. The zero-order chi connectivity index (χ0) is 53.0. The van der Waals surface area contributed by atoms with E-state index < -0.39 is 11.8 Å². The van der Waals surface area contributed by atoms with E-state index in [1.807, 2.05) is 135 Å². The van der Waals surface area contributed by atoms with Gasteiger partial charge < -0.3 is 60.3 Å². The predicted octanol–water partition coefficient (Wildman–Crippen LogP) is 12.0. The fraction of sp³-hybridized carbons (Fsp3) is 0.0645. The monoisotopic (exact) mass is 1090 g/mol. The third kappa shape index (κ3) is 10.2. The number of carbonyl (C=O) groups excluding carboxylic acids is 2. The van der Waals surface area contributed by atoms with Gasteiger partial charge in [-0.3, -0.25) is 9.59 Å². The molecule has 3 aromatic heterocycles. The van der Waals surface area contributed by atoms with Crippen LogP contribution >= 0.6 is 0 Å². The van der Waals surface area contributed by atoms with Crippen molar-refractivity contribution < 1.29 is 48.0 Å². The molecular weight excluding hydrogens is 1050 g/mol.